The summed E-state index contributed by atoms with van der Waals surface area (Å²) in [6.45, 7) is 4.37. The first-order valence-corrected chi connectivity index (χ1v) is 11.9. The summed E-state index contributed by atoms with van der Waals surface area (Å²) in [5.74, 6) is 0.140. The van der Waals surface area contributed by atoms with Crippen molar-refractivity contribution in [3.8, 4) is 11.5 Å². The highest BCUT2D eigenvalue weighted by molar-refractivity contribution is 9.10. The molecule has 0 aliphatic rings. The standard InChI is InChI=1S/C26H24BrN3O4S/c1-2-15-33-21-11-8-19(9-12-21)24(31)29-30-26(35)28-25(32)22-17-20(27)10-13-23(22)34-16-14-18-6-4-3-5-7-18/h2-13,17H,1,14-16H2,(H,29,31)(H2,28,30,32,35). The number of nitrogens with one attached hydrogen (secondary N) is 3. The lowest BCUT2D eigenvalue weighted by atomic mass is 10.1. The summed E-state index contributed by atoms with van der Waals surface area (Å²) in [6, 6.07) is 21.6. The third-order valence-corrected chi connectivity index (χ3v) is 5.38. The molecule has 0 spiro atoms. The summed E-state index contributed by atoms with van der Waals surface area (Å²) in [4.78, 5) is 25.2. The summed E-state index contributed by atoms with van der Waals surface area (Å²) in [5.41, 5.74) is 6.81. The quantitative estimate of drug-likeness (QED) is 0.204. The van der Waals surface area contributed by atoms with Crippen LogP contribution in [0.1, 0.15) is 26.3 Å². The molecular formula is C26H24BrN3O4S. The fourth-order valence-electron chi connectivity index (χ4n) is 2.97. The number of ether oxygens (including phenoxy) is 2. The van der Waals surface area contributed by atoms with Crippen LogP contribution in [0.5, 0.6) is 11.5 Å². The molecule has 0 atom stereocenters. The average molecular weight is 554 g/mol. The van der Waals surface area contributed by atoms with Gasteiger partial charge in [0.1, 0.15) is 18.1 Å². The van der Waals surface area contributed by atoms with Crippen LogP contribution in [0.4, 0.5) is 0 Å². The molecule has 0 aromatic heterocycles. The largest absolute Gasteiger partial charge is 0.492 e. The molecule has 3 N–H and O–H groups in total. The predicted molar refractivity (Wildman–Crippen MR) is 143 cm³/mol. The fourth-order valence-corrected chi connectivity index (χ4v) is 3.48. The first kappa shape index (κ1) is 25.9. The minimum Gasteiger partial charge on any atom is -0.492 e. The van der Waals surface area contributed by atoms with Gasteiger partial charge in [-0.25, -0.2) is 0 Å². The topological polar surface area (TPSA) is 88.7 Å². The molecule has 0 aliphatic carbocycles. The van der Waals surface area contributed by atoms with Crippen molar-refractivity contribution in [2.24, 2.45) is 0 Å². The van der Waals surface area contributed by atoms with Gasteiger partial charge in [-0.05, 0) is 60.2 Å². The van der Waals surface area contributed by atoms with Gasteiger partial charge in [0.05, 0.1) is 12.2 Å². The Kier molecular flexibility index (Phi) is 9.82. The van der Waals surface area contributed by atoms with Crippen molar-refractivity contribution in [2.75, 3.05) is 13.2 Å². The molecule has 0 unspecified atom stereocenters. The molecule has 0 bridgehead atoms. The van der Waals surface area contributed by atoms with Gasteiger partial charge >= 0.3 is 0 Å². The van der Waals surface area contributed by atoms with E-state index < -0.39 is 11.8 Å². The summed E-state index contributed by atoms with van der Waals surface area (Å²) < 4.78 is 12.0. The highest BCUT2D eigenvalue weighted by atomic mass is 79.9. The molecule has 9 heteroatoms. The van der Waals surface area contributed by atoms with Crippen molar-refractivity contribution >= 4 is 45.1 Å². The van der Waals surface area contributed by atoms with Gasteiger partial charge in [0.25, 0.3) is 11.8 Å². The first-order chi connectivity index (χ1) is 17.0. The Bertz CT molecular complexity index is 1190. The number of thiocarbonyl (C=S) groups is 1. The van der Waals surface area contributed by atoms with E-state index in [2.05, 4.69) is 38.7 Å². The molecule has 35 heavy (non-hydrogen) atoms. The van der Waals surface area contributed by atoms with Crippen LogP contribution in [0, 0.1) is 0 Å². The zero-order valence-corrected chi connectivity index (χ0v) is 21.2. The van der Waals surface area contributed by atoms with Crippen LogP contribution >= 0.6 is 28.1 Å². The van der Waals surface area contributed by atoms with Crippen molar-refractivity contribution in [1.82, 2.24) is 16.2 Å². The Balaban J connectivity index is 1.52. The van der Waals surface area contributed by atoms with Gasteiger partial charge < -0.3 is 9.47 Å². The molecule has 0 saturated carbocycles. The van der Waals surface area contributed by atoms with Gasteiger partial charge in [-0.1, -0.05) is 58.9 Å². The van der Waals surface area contributed by atoms with Gasteiger partial charge in [0, 0.05) is 16.5 Å². The van der Waals surface area contributed by atoms with Gasteiger partial charge in [-0.3, -0.25) is 25.8 Å². The van der Waals surface area contributed by atoms with Crippen LogP contribution in [0.3, 0.4) is 0 Å². The van der Waals surface area contributed by atoms with Gasteiger partial charge in [-0.15, -0.1) is 0 Å². The van der Waals surface area contributed by atoms with Crippen molar-refractivity contribution in [3.05, 3.63) is 107 Å². The molecule has 0 aliphatic heterocycles. The molecule has 180 valence electrons. The number of halogens is 1. The smallest absolute Gasteiger partial charge is 0.269 e. The van der Waals surface area contributed by atoms with Crippen molar-refractivity contribution in [3.63, 3.8) is 0 Å². The molecule has 3 rings (SSSR count). The van der Waals surface area contributed by atoms with E-state index in [1.165, 1.54) is 0 Å². The van der Waals surface area contributed by atoms with Crippen LogP contribution in [-0.2, 0) is 6.42 Å². The SMILES string of the molecule is C=CCOc1ccc(C(=O)NNC(=S)NC(=O)c2cc(Br)ccc2OCCc2ccccc2)cc1. The second-order valence-corrected chi connectivity index (χ2v) is 8.53. The maximum atomic E-state index is 12.8. The van der Waals surface area contributed by atoms with Crippen LogP contribution in [0.2, 0.25) is 0 Å². The van der Waals surface area contributed by atoms with E-state index in [0.717, 1.165) is 5.56 Å². The number of hydrogen-bond acceptors (Lipinski definition) is 5. The van der Waals surface area contributed by atoms with E-state index in [9.17, 15) is 9.59 Å². The normalized spacial score (nSPS) is 10.1. The average Bonchev–Trinajstić information content (AvgIpc) is 2.87. The highest BCUT2D eigenvalue weighted by Crippen LogP contribution is 2.23. The van der Waals surface area contributed by atoms with Crippen molar-refractivity contribution < 1.29 is 19.1 Å². The lowest BCUT2D eigenvalue weighted by molar-refractivity contribution is 0.0933. The van der Waals surface area contributed by atoms with Gasteiger partial charge in [0.2, 0.25) is 0 Å². The molecule has 0 fully saturated rings. The van der Waals surface area contributed by atoms with Crippen LogP contribution in [0.25, 0.3) is 0 Å². The van der Waals surface area contributed by atoms with E-state index in [-0.39, 0.29) is 5.11 Å². The number of hydrogen-bond donors (Lipinski definition) is 3. The molecular weight excluding hydrogens is 530 g/mol. The lowest BCUT2D eigenvalue weighted by Crippen LogP contribution is -2.48. The summed E-state index contributed by atoms with van der Waals surface area (Å²) in [6.07, 6.45) is 2.33. The second kappa shape index (κ2) is 13.3. The number of carbonyl (C=O) groups is 2. The maximum Gasteiger partial charge on any atom is 0.269 e. The number of amides is 2. The zero-order chi connectivity index (χ0) is 25.0. The highest BCUT2D eigenvalue weighted by Gasteiger charge is 2.15. The first-order valence-electron chi connectivity index (χ1n) is 10.7. The minimum atomic E-state index is -0.475. The van der Waals surface area contributed by atoms with Crippen LogP contribution < -0.4 is 25.6 Å². The number of carbonyl (C=O) groups excluding carboxylic acids is 2. The van der Waals surface area contributed by atoms with E-state index in [4.69, 9.17) is 21.7 Å². The van der Waals surface area contributed by atoms with Crippen LogP contribution in [-0.4, -0.2) is 30.1 Å². The Morgan fingerprint density at radius 2 is 1.69 bits per heavy atom. The summed E-state index contributed by atoms with van der Waals surface area (Å²) in [5, 5.41) is 2.48. The van der Waals surface area contributed by atoms with E-state index in [1.807, 2.05) is 30.3 Å². The number of rotatable bonds is 9. The Morgan fingerprint density at radius 1 is 0.943 bits per heavy atom. The lowest BCUT2D eigenvalue weighted by Gasteiger charge is -2.14. The van der Waals surface area contributed by atoms with Crippen molar-refractivity contribution in [2.45, 2.75) is 6.42 Å². The van der Waals surface area contributed by atoms with E-state index in [1.54, 1.807) is 48.5 Å². The Morgan fingerprint density at radius 3 is 2.40 bits per heavy atom. The predicted octanol–water partition coefficient (Wildman–Crippen LogP) is 4.58. The Hall–Kier alpha value is -3.69. The molecule has 3 aromatic carbocycles. The molecule has 2 amide bonds. The third-order valence-electron chi connectivity index (χ3n) is 4.68. The van der Waals surface area contributed by atoms with Crippen molar-refractivity contribution in [1.29, 1.82) is 0 Å². The monoisotopic (exact) mass is 553 g/mol. The third kappa shape index (κ3) is 8.24. The second-order valence-electron chi connectivity index (χ2n) is 7.21. The number of benzene rings is 3. The molecule has 0 heterocycles. The van der Waals surface area contributed by atoms with Gasteiger partial charge in [0.15, 0.2) is 5.11 Å². The zero-order valence-electron chi connectivity index (χ0n) is 18.8. The molecule has 0 saturated heterocycles. The maximum absolute atomic E-state index is 12.8. The number of hydrazine groups is 1. The van der Waals surface area contributed by atoms with Gasteiger partial charge in [-0.2, -0.15) is 0 Å². The van der Waals surface area contributed by atoms with E-state index in [0.29, 0.717) is 46.7 Å². The summed E-state index contributed by atoms with van der Waals surface area (Å²) >= 11 is 8.53. The molecule has 0 radical (unpaired) electrons. The van der Waals surface area contributed by atoms with Crippen LogP contribution in [0.15, 0.2) is 89.9 Å². The minimum absolute atomic E-state index is 0.0653. The van der Waals surface area contributed by atoms with E-state index >= 15 is 0 Å². The Labute approximate surface area is 217 Å². The molecule has 3 aromatic rings. The fraction of sp³-hybridized carbons (Fsp3) is 0.115. The summed E-state index contributed by atoms with van der Waals surface area (Å²) in [7, 11) is 0. The molecule has 7 nitrogen and oxygen atoms in total.